The van der Waals surface area contributed by atoms with E-state index in [1.807, 2.05) is 0 Å². The van der Waals surface area contributed by atoms with Crippen LogP contribution in [-0.4, -0.2) is 70.9 Å². The Bertz CT molecular complexity index is 1530. The van der Waals surface area contributed by atoms with Crippen LogP contribution in [0.2, 0.25) is 0 Å². The largest absolute Gasteiger partial charge is 0.514 e. The average Bonchev–Trinajstić information content (AvgIpc) is 3.39. The van der Waals surface area contributed by atoms with Crippen molar-refractivity contribution in [1.29, 1.82) is 0 Å². The number of pyridine rings is 1. The van der Waals surface area contributed by atoms with Crippen molar-refractivity contribution in [2.75, 3.05) is 26.9 Å². The van der Waals surface area contributed by atoms with Gasteiger partial charge >= 0.3 is 6.16 Å². The normalized spacial score (nSPS) is 18.2. The van der Waals surface area contributed by atoms with Gasteiger partial charge in [-0.1, -0.05) is 23.5 Å². The van der Waals surface area contributed by atoms with Crippen LogP contribution in [0.4, 0.5) is 13.6 Å². The molecule has 2 aliphatic rings. The zero-order chi connectivity index (χ0) is 28.4. The summed E-state index contributed by atoms with van der Waals surface area (Å²) in [5.74, 6) is -2.54. The van der Waals surface area contributed by atoms with E-state index in [2.05, 4.69) is 16.8 Å². The van der Waals surface area contributed by atoms with Crippen LogP contribution >= 0.6 is 11.3 Å². The van der Waals surface area contributed by atoms with E-state index < -0.39 is 41.1 Å². The summed E-state index contributed by atoms with van der Waals surface area (Å²) in [6.07, 6.45) is 1.76. The minimum Gasteiger partial charge on any atom is -0.432 e. The molecule has 1 aromatic carbocycles. The van der Waals surface area contributed by atoms with Crippen LogP contribution in [0.5, 0.6) is 5.75 Å². The molecule has 210 valence electrons. The first-order valence-electron chi connectivity index (χ1n) is 12.2. The van der Waals surface area contributed by atoms with Crippen LogP contribution in [0.3, 0.4) is 0 Å². The van der Waals surface area contributed by atoms with E-state index in [0.29, 0.717) is 18.0 Å². The van der Waals surface area contributed by atoms with Crippen molar-refractivity contribution >= 4 is 23.4 Å². The average molecular weight is 575 g/mol. The number of rotatable bonds is 8. The summed E-state index contributed by atoms with van der Waals surface area (Å²) in [6.45, 7) is 4.31. The van der Waals surface area contributed by atoms with Gasteiger partial charge in [0.15, 0.2) is 16.9 Å². The number of aromatic nitrogens is 3. The van der Waals surface area contributed by atoms with Gasteiger partial charge in [-0.05, 0) is 18.1 Å². The number of methoxy groups -OCH3 is 1. The van der Waals surface area contributed by atoms with Gasteiger partial charge in [-0.15, -0.1) is 16.8 Å². The second kappa shape index (κ2) is 11.6. The lowest BCUT2D eigenvalue weighted by Crippen LogP contribution is -2.57. The first-order valence-corrected chi connectivity index (χ1v) is 13.1. The monoisotopic (exact) mass is 574 g/mol. The van der Waals surface area contributed by atoms with Gasteiger partial charge in [0.25, 0.3) is 5.91 Å². The van der Waals surface area contributed by atoms with Crippen LogP contribution < -0.4 is 10.2 Å². The van der Waals surface area contributed by atoms with Gasteiger partial charge in [0.05, 0.1) is 31.4 Å². The number of carbonyl (C=O) groups excluding carboxylic acids is 2. The summed E-state index contributed by atoms with van der Waals surface area (Å²) in [7, 11) is 1.42. The molecule has 1 amide bonds. The molecule has 2 atom stereocenters. The van der Waals surface area contributed by atoms with Gasteiger partial charge in [0, 0.05) is 25.8 Å². The third kappa shape index (κ3) is 5.37. The quantitative estimate of drug-likeness (QED) is 0.227. The maximum atomic E-state index is 14.2. The number of amides is 1. The third-order valence-corrected chi connectivity index (χ3v) is 7.39. The molecule has 5 rings (SSSR count). The highest BCUT2D eigenvalue weighted by Gasteiger charge is 2.42. The van der Waals surface area contributed by atoms with Crippen molar-refractivity contribution in [1.82, 2.24) is 19.7 Å². The molecule has 1 saturated heterocycles. The second-order valence-corrected chi connectivity index (χ2v) is 10.0. The molecule has 0 spiro atoms. The molecule has 0 saturated carbocycles. The van der Waals surface area contributed by atoms with Gasteiger partial charge in [0.2, 0.25) is 11.2 Å². The topological polar surface area (TPSA) is 122 Å². The predicted octanol–water partition coefficient (Wildman–Crippen LogP) is 3.15. The number of ether oxygens (including phenoxy) is 4. The fourth-order valence-corrected chi connectivity index (χ4v) is 5.40. The Hall–Kier alpha value is -4.01. The van der Waals surface area contributed by atoms with E-state index in [0.717, 1.165) is 23.5 Å². The molecule has 0 bridgehead atoms. The fourth-order valence-electron chi connectivity index (χ4n) is 4.54. The van der Waals surface area contributed by atoms with Gasteiger partial charge in [-0.2, -0.15) is 0 Å². The van der Waals surface area contributed by atoms with Crippen LogP contribution in [0.1, 0.15) is 27.5 Å². The first-order chi connectivity index (χ1) is 19.3. The van der Waals surface area contributed by atoms with Crippen molar-refractivity contribution in [3.8, 4) is 16.3 Å². The molecular formula is C26H24F2N4O7S. The standard InChI is InChI=1S/C26H24F2N4O7S/c1-3-16-6-7-37-20-13-31-12-17(24-30-29-19(40-24)10-14-4-5-15(27)11-18(14)28)22(33)23(21(31)25(34)32(16)20)39-26(35)38-9-8-36-2/h3-5,11-12,16,20H,1,6-10,13H2,2H3/t16-,20?/m1/s1. The van der Waals surface area contributed by atoms with E-state index in [1.54, 1.807) is 6.08 Å². The maximum absolute atomic E-state index is 14.2. The highest BCUT2D eigenvalue weighted by atomic mass is 32.1. The number of nitrogens with zero attached hydrogens (tertiary/aromatic N) is 4. The van der Waals surface area contributed by atoms with Crippen molar-refractivity contribution in [3.05, 3.63) is 75.2 Å². The summed E-state index contributed by atoms with van der Waals surface area (Å²) >= 11 is 1.01. The first kappa shape index (κ1) is 27.6. The Labute approximate surface area is 230 Å². The Kier molecular flexibility index (Phi) is 8.00. The molecule has 3 aromatic rings. The highest BCUT2D eigenvalue weighted by molar-refractivity contribution is 7.14. The van der Waals surface area contributed by atoms with Gasteiger partial charge < -0.3 is 28.4 Å². The molecule has 11 nitrogen and oxygen atoms in total. The molecular weight excluding hydrogens is 550 g/mol. The molecule has 1 unspecified atom stereocenters. The summed E-state index contributed by atoms with van der Waals surface area (Å²) in [5, 5.41) is 8.64. The van der Waals surface area contributed by atoms with Crippen LogP contribution in [0, 0.1) is 11.6 Å². The molecule has 40 heavy (non-hydrogen) atoms. The summed E-state index contributed by atoms with van der Waals surface area (Å²) in [6, 6.07) is 2.87. The summed E-state index contributed by atoms with van der Waals surface area (Å²) in [5.41, 5.74) is -0.732. The molecule has 2 aromatic heterocycles. The zero-order valence-corrected chi connectivity index (χ0v) is 22.1. The molecule has 0 N–H and O–H groups in total. The SMILES string of the molecule is C=C[C@@H]1CCOC2Cn3cc(-c4nnc(Cc5ccc(F)cc5F)s4)c(=O)c(OC(=O)OCCOC)c3C(=O)N21. The Morgan fingerprint density at radius 2 is 2.10 bits per heavy atom. The van der Waals surface area contributed by atoms with Crippen LogP contribution in [0.15, 0.2) is 41.8 Å². The lowest BCUT2D eigenvalue weighted by Gasteiger charge is -2.44. The van der Waals surface area contributed by atoms with E-state index in [-0.39, 0.29) is 54.0 Å². The Morgan fingerprint density at radius 3 is 2.85 bits per heavy atom. The lowest BCUT2D eigenvalue weighted by atomic mass is 10.1. The van der Waals surface area contributed by atoms with Crippen molar-refractivity contribution < 1.29 is 37.3 Å². The lowest BCUT2D eigenvalue weighted by molar-refractivity contribution is -0.106. The number of fused-ring (bicyclic) bond motifs is 2. The number of carbonyl (C=O) groups is 2. The summed E-state index contributed by atoms with van der Waals surface area (Å²) < 4.78 is 49.9. The number of benzene rings is 1. The minimum atomic E-state index is -1.19. The number of hydrogen-bond acceptors (Lipinski definition) is 10. The maximum Gasteiger partial charge on any atom is 0.514 e. The van der Waals surface area contributed by atoms with Crippen molar-refractivity contribution in [2.24, 2.45) is 0 Å². The fraction of sp³-hybridized carbons (Fsp3) is 0.346. The van der Waals surface area contributed by atoms with Gasteiger partial charge in [-0.3, -0.25) is 9.59 Å². The van der Waals surface area contributed by atoms with Crippen molar-refractivity contribution in [3.63, 3.8) is 0 Å². The molecule has 1 fully saturated rings. The van der Waals surface area contributed by atoms with E-state index in [9.17, 15) is 23.2 Å². The predicted molar refractivity (Wildman–Crippen MR) is 137 cm³/mol. The van der Waals surface area contributed by atoms with E-state index >= 15 is 0 Å². The van der Waals surface area contributed by atoms with E-state index in [1.165, 1.54) is 28.8 Å². The number of halogens is 2. The summed E-state index contributed by atoms with van der Waals surface area (Å²) in [4.78, 5) is 41.2. The smallest absolute Gasteiger partial charge is 0.432 e. The number of hydrogen-bond donors (Lipinski definition) is 0. The molecule has 2 aliphatic heterocycles. The van der Waals surface area contributed by atoms with Gasteiger partial charge in [0.1, 0.15) is 23.2 Å². The molecule has 4 heterocycles. The molecule has 0 radical (unpaired) electrons. The van der Waals surface area contributed by atoms with Crippen LogP contribution in [0.25, 0.3) is 10.6 Å². The Morgan fingerprint density at radius 1 is 1.27 bits per heavy atom. The van der Waals surface area contributed by atoms with Crippen LogP contribution in [-0.2, 0) is 27.2 Å². The zero-order valence-electron chi connectivity index (χ0n) is 21.3. The van der Waals surface area contributed by atoms with E-state index in [4.69, 9.17) is 18.9 Å². The Balaban J connectivity index is 1.54. The molecule has 14 heteroatoms. The third-order valence-electron chi connectivity index (χ3n) is 6.44. The second-order valence-electron chi connectivity index (χ2n) is 8.94. The molecule has 0 aliphatic carbocycles. The van der Waals surface area contributed by atoms with Gasteiger partial charge in [-0.25, -0.2) is 13.6 Å². The van der Waals surface area contributed by atoms with Crippen molar-refractivity contribution in [2.45, 2.75) is 31.7 Å². The minimum absolute atomic E-state index is 0.00380. The highest BCUT2D eigenvalue weighted by Crippen LogP contribution is 2.33.